The van der Waals surface area contributed by atoms with Crippen molar-refractivity contribution in [2.75, 3.05) is 11.5 Å². The van der Waals surface area contributed by atoms with E-state index in [0.717, 1.165) is 33.1 Å². The molecule has 1 aliphatic heterocycles. The molecule has 1 saturated heterocycles. The zero-order chi connectivity index (χ0) is 23.7. The molecule has 33 heavy (non-hydrogen) atoms. The van der Waals surface area contributed by atoms with Gasteiger partial charge in [0.1, 0.15) is 11.3 Å². The lowest BCUT2D eigenvalue weighted by Crippen LogP contribution is -2.54. The predicted octanol–water partition coefficient (Wildman–Crippen LogP) is 4.47. The monoisotopic (exact) mass is 443 g/mol. The van der Waals surface area contributed by atoms with Crippen molar-refractivity contribution >= 4 is 29.6 Å². The highest BCUT2D eigenvalue weighted by Gasteiger charge is 2.38. The van der Waals surface area contributed by atoms with Gasteiger partial charge in [-0.05, 0) is 69.2 Å². The molecule has 7 heteroatoms. The van der Waals surface area contributed by atoms with Crippen LogP contribution in [0.4, 0.5) is 10.5 Å². The van der Waals surface area contributed by atoms with Crippen LogP contribution in [0.1, 0.15) is 29.4 Å². The van der Waals surface area contributed by atoms with Crippen LogP contribution in [-0.2, 0) is 9.59 Å². The number of amides is 4. The van der Waals surface area contributed by atoms with E-state index in [1.54, 1.807) is 24.3 Å². The zero-order valence-corrected chi connectivity index (χ0v) is 19.0. The lowest BCUT2D eigenvalue weighted by molar-refractivity contribution is -0.122. The normalized spacial score (nSPS) is 15.2. The molecule has 4 rings (SSSR count). The molecule has 0 unspecified atom stereocenters. The van der Waals surface area contributed by atoms with Crippen molar-refractivity contribution < 1.29 is 19.1 Å². The molecule has 2 aromatic carbocycles. The third kappa shape index (κ3) is 3.93. The van der Waals surface area contributed by atoms with Crippen LogP contribution in [0, 0.1) is 20.8 Å². The van der Waals surface area contributed by atoms with E-state index in [1.165, 1.54) is 6.08 Å². The average molecular weight is 444 g/mol. The van der Waals surface area contributed by atoms with Gasteiger partial charge in [0, 0.05) is 17.1 Å². The van der Waals surface area contributed by atoms with Crippen molar-refractivity contribution in [3.05, 3.63) is 82.7 Å². The Morgan fingerprint density at radius 2 is 1.61 bits per heavy atom. The second kappa shape index (κ2) is 8.78. The van der Waals surface area contributed by atoms with Gasteiger partial charge in [-0.1, -0.05) is 30.3 Å². The maximum atomic E-state index is 13.3. The van der Waals surface area contributed by atoms with Crippen LogP contribution in [-0.4, -0.2) is 29.0 Å². The molecule has 2 heterocycles. The minimum atomic E-state index is -0.806. The number of hydrogen-bond donors (Lipinski definition) is 1. The Kier molecular flexibility index (Phi) is 5.87. The van der Waals surface area contributed by atoms with E-state index in [0.29, 0.717) is 12.4 Å². The van der Waals surface area contributed by atoms with E-state index in [2.05, 4.69) is 9.88 Å². The summed E-state index contributed by atoms with van der Waals surface area (Å²) in [5, 5.41) is 2.28. The van der Waals surface area contributed by atoms with Crippen LogP contribution >= 0.6 is 0 Å². The number of aromatic nitrogens is 1. The summed E-state index contributed by atoms with van der Waals surface area (Å²) in [5.74, 6) is -1.04. The molecule has 0 spiro atoms. The summed E-state index contributed by atoms with van der Waals surface area (Å²) in [4.78, 5) is 39.5. The molecular weight excluding hydrogens is 418 g/mol. The Balaban J connectivity index is 1.78. The number of imide groups is 2. The summed E-state index contributed by atoms with van der Waals surface area (Å²) in [5.41, 5.74) is 4.87. The Labute approximate surface area is 192 Å². The van der Waals surface area contributed by atoms with Gasteiger partial charge in [-0.25, -0.2) is 9.69 Å². The van der Waals surface area contributed by atoms with Gasteiger partial charge in [0.15, 0.2) is 0 Å². The van der Waals surface area contributed by atoms with Crippen molar-refractivity contribution in [3.8, 4) is 11.4 Å². The van der Waals surface area contributed by atoms with E-state index in [1.807, 2.05) is 58.0 Å². The number of urea groups is 1. The number of barbiturate groups is 1. The fraction of sp³-hybridized carbons (Fsp3) is 0.192. The summed E-state index contributed by atoms with van der Waals surface area (Å²) >= 11 is 0. The number of hydrogen-bond acceptors (Lipinski definition) is 4. The molecule has 3 aromatic rings. The van der Waals surface area contributed by atoms with Gasteiger partial charge in [-0.2, -0.15) is 0 Å². The predicted molar refractivity (Wildman–Crippen MR) is 127 cm³/mol. The smallest absolute Gasteiger partial charge is 0.336 e. The van der Waals surface area contributed by atoms with E-state index in [4.69, 9.17) is 4.74 Å². The summed E-state index contributed by atoms with van der Waals surface area (Å²) in [6.07, 6.45) is 1.54. The van der Waals surface area contributed by atoms with Crippen molar-refractivity contribution in [2.24, 2.45) is 0 Å². The van der Waals surface area contributed by atoms with Crippen LogP contribution in [0.5, 0.6) is 5.75 Å². The SMILES string of the molecule is CCOc1ccccc1N1C(=O)NC(=O)/C(=C\c2cc(C)n(-c3ccccc3C)c2C)C1=O. The third-order valence-corrected chi connectivity index (χ3v) is 5.63. The van der Waals surface area contributed by atoms with Gasteiger partial charge in [-0.15, -0.1) is 0 Å². The first-order valence-corrected chi connectivity index (χ1v) is 10.7. The Morgan fingerprint density at radius 3 is 2.30 bits per heavy atom. The molecule has 1 N–H and O–H groups in total. The van der Waals surface area contributed by atoms with Gasteiger partial charge in [0.2, 0.25) is 0 Å². The first-order chi connectivity index (χ1) is 15.8. The fourth-order valence-electron chi connectivity index (χ4n) is 4.07. The molecule has 1 aromatic heterocycles. The summed E-state index contributed by atoms with van der Waals surface area (Å²) < 4.78 is 7.67. The van der Waals surface area contributed by atoms with Crippen LogP contribution in [0.25, 0.3) is 11.8 Å². The maximum absolute atomic E-state index is 13.3. The first kappa shape index (κ1) is 22.1. The van der Waals surface area contributed by atoms with Crippen LogP contribution in [0.3, 0.4) is 0 Å². The van der Waals surface area contributed by atoms with Crippen LogP contribution in [0.2, 0.25) is 0 Å². The zero-order valence-electron chi connectivity index (χ0n) is 19.0. The number of ether oxygens (including phenoxy) is 1. The molecule has 7 nitrogen and oxygen atoms in total. The molecule has 0 bridgehead atoms. The molecule has 0 radical (unpaired) electrons. The number of nitrogens with one attached hydrogen (secondary N) is 1. The minimum Gasteiger partial charge on any atom is -0.492 e. The van der Waals surface area contributed by atoms with E-state index in [9.17, 15) is 14.4 Å². The highest BCUT2D eigenvalue weighted by Crippen LogP contribution is 2.32. The molecule has 1 fully saturated rings. The molecule has 4 amide bonds. The Bertz CT molecular complexity index is 1300. The summed E-state index contributed by atoms with van der Waals surface area (Å²) in [6.45, 7) is 8.12. The van der Waals surface area contributed by atoms with Crippen molar-refractivity contribution in [1.82, 2.24) is 9.88 Å². The molecule has 0 aliphatic carbocycles. The molecule has 1 aliphatic rings. The molecule has 0 saturated carbocycles. The highest BCUT2D eigenvalue weighted by atomic mass is 16.5. The second-order valence-electron chi connectivity index (χ2n) is 7.81. The van der Waals surface area contributed by atoms with Gasteiger partial charge in [-0.3, -0.25) is 14.9 Å². The van der Waals surface area contributed by atoms with E-state index < -0.39 is 17.8 Å². The number of benzene rings is 2. The van der Waals surface area contributed by atoms with Gasteiger partial charge in [0.25, 0.3) is 11.8 Å². The largest absolute Gasteiger partial charge is 0.492 e. The second-order valence-corrected chi connectivity index (χ2v) is 7.81. The number of rotatable bonds is 5. The standard InChI is InChI=1S/C26H25N3O4/c1-5-33-23-13-9-8-12-22(23)29-25(31)20(24(30)27-26(29)32)15-19-14-17(3)28(18(19)4)21-11-7-6-10-16(21)2/h6-15H,5H2,1-4H3,(H,27,30,32)/b20-15+. The third-order valence-electron chi connectivity index (χ3n) is 5.63. The number of anilines is 1. The lowest BCUT2D eigenvalue weighted by Gasteiger charge is -2.27. The number of nitrogens with zero attached hydrogens (tertiary/aromatic N) is 2. The molecule has 168 valence electrons. The van der Waals surface area contributed by atoms with Gasteiger partial charge < -0.3 is 9.30 Å². The van der Waals surface area contributed by atoms with Crippen molar-refractivity contribution in [1.29, 1.82) is 0 Å². The maximum Gasteiger partial charge on any atom is 0.336 e. The van der Waals surface area contributed by atoms with E-state index in [-0.39, 0.29) is 11.3 Å². The van der Waals surface area contributed by atoms with Gasteiger partial charge >= 0.3 is 6.03 Å². The quantitative estimate of drug-likeness (QED) is 0.466. The first-order valence-electron chi connectivity index (χ1n) is 10.7. The van der Waals surface area contributed by atoms with E-state index >= 15 is 0 Å². The van der Waals surface area contributed by atoms with Crippen LogP contribution in [0.15, 0.2) is 60.2 Å². The summed E-state index contributed by atoms with van der Waals surface area (Å²) in [7, 11) is 0. The van der Waals surface area contributed by atoms with Crippen LogP contribution < -0.4 is 15.0 Å². The number of para-hydroxylation sites is 3. The number of carbonyl (C=O) groups excluding carboxylic acids is 3. The molecule has 0 atom stereocenters. The fourth-order valence-corrected chi connectivity index (χ4v) is 4.07. The number of carbonyl (C=O) groups is 3. The topological polar surface area (TPSA) is 80.6 Å². The minimum absolute atomic E-state index is 0.120. The Morgan fingerprint density at radius 1 is 0.939 bits per heavy atom. The van der Waals surface area contributed by atoms with Gasteiger partial charge in [0.05, 0.1) is 12.3 Å². The lowest BCUT2D eigenvalue weighted by atomic mass is 10.1. The average Bonchev–Trinajstić information content (AvgIpc) is 3.05. The Hall–Kier alpha value is -4.13. The number of aryl methyl sites for hydroxylation is 2. The molecular formula is C26H25N3O4. The highest BCUT2D eigenvalue weighted by molar-refractivity contribution is 6.39. The van der Waals surface area contributed by atoms with Crippen molar-refractivity contribution in [2.45, 2.75) is 27.7 Å². The van der Waals surface area contributed by atoms with Crippen molar-refractivity contribution in [3.63, 3.8) is 0 Å². The summed E-state index contributed by atoms with van der Waals surface area (Å²) in [6, 6.07) is 15.9.